The van der Waals surface area contributed by atoms with Gasteiger partial charge in [0, 0.05) is 12.1 Å². The van der Waals surface area contributed by atoms with E-state index >= 15 is 0 Å². The minimum absolute atomic E-state index is 0.381. The number of rotatable bonds is 2. The van der Waals surface area contributed by atoms with Crippen molar-refractivity contribution in [2.24, 2.45) is 10.1 Å². The molecule has 6 heteroatoms. The van der Waals surface area contributed by atoms with Gasteiger partial charge in [-0.2, -0.15) is 0 Å². The maximum Gasteiger partial charge on any atom is 0.436 e. The van der Waals surface area contributed by atoms with Crippen LogP contribution in [0.15, 0.2) is 58.6 Å². The summed E-state index contributed by atoms with van der Waals surface area (Å²) in [7, 11) is 0. The molecule has 1 N–H and O–H groups in total. The first kappa shape index (κ1) is 12.4. The number of aliphatic imine (C=N–C) groups is 1. The van der Waals surface area contributed by atoms with Gasteiger partial charge in [0.1, 0.15) is 0 Å². The molecular formula is C14H10F2N3O+. The highest BCUT2D eigenvalue weighted by Gasteiger charge is 2.48. The molecule has 0 spiro atoms. The van der Waals surface area contributed by atoms with E-state index in [2.05, 4.69) is 10.1 Å². The van der Waals surface area contributed by atoms with Crippen LogP contribution in [-0.2, 0) is 0 Å². The molecule has 0 aliphatic carbocycles. The van der Waals surface area contributed by atoms with Gasteiger partial charge in [-0.25, -0.2) is 8.78 Å². The smallest absolute Gasteiger partial charge is 0.436 e. The molecule has 100 valence electrons. The number of aliphatic hydroxyl groups is 1. The summed E-state index contributed by atoms with van der Waals surface area (Å²) in [6.45, 7) is 0. The molecule has 3 rings (SSSR count). The molecule has 2 aromatic rings. The summed E-state index contributed by atoms with van der Waals surface area (Å²) in [5.41, 5.74) is -0.0137. The number of halogens is 2. The van der Waals surface area contributed by atoms with Crippen molar-refractivity contribution in [1.82, 2.24) is 4.59 Å². The van der Waals surface area contributed by atoms with Gasteiger partial charge in [-0.15, -0.1) is 4.99 Å². The molecule has 4 nitrogen and oxygen atoms in total. The van der Waals surface area contributed by atoms with E-state index in [0.717, 1.165) is 18.5 Å². The second kappa shape index (κ2) is 4.50. The molecule has 0 aromatic heterocycles. The van der Waals surface area contributed by atoms with E-state index in [-0.39, 0.29) is 0 Å². The van der Waals surface area contributed by atoms with E-state index in [1.807, 2.05) is 0 Å². The number of nitrogens with zero attached hydrogens (tertiary/aromatic N) is 3. The minimum atomic E-state index is -0.848. The van der Waals surface area contributed by atoms with Crippen molar-refractivity contribution in [2.45, 2.75) is 0 Å². The quantitative estimate of drug-likeness (QED) is 0.837. The van der Waals surface area contributed by atoms with Crippen molar-refractivity contribution in [2.75, 3.05) is 0 Å². The lowest BCUT2D eigenvalue weighted by molar-refractivity contribution is 0.407. The van der Waals surface area contributed by atoms with Crippen LogP contribution in [-0.4, -0.2) is 17.5 Å². The summed E-state index contributed by atoms with van der Waals surface area (Å²) in [5, 5.41) is 14.0. The molecule has 0 fully saturated rings. The van der Waals surface area contributed by atoms with Crippen molar-refractivity contribution in [3.63, 3.8) is 0 Å². The molecule has 0 amide bonds. The van der Waals surface area contributed by atoms with Crippen molar-refractivity contribution in [3.05, 3.63) is 60.2 Å². The SMILES string of the molecule is OC1=NC=N[N+]1(c1ccccc1)c1c(F)cccc1F. The predicted octanol–water partition coefficient (Wildman–Crippen LogP) is 3.47. The summed E-state index contributed by atoms with van der Waals surface area (Å²) in [6.07, 6.45) is 1.08. The number of hydrogen-bond donors (Lipinski definition) is 1. The van der Waals surface area contributed by atoms with Crippen LogP contribution in [0.2, 0.25) is 0 Å². The maximum absolute atomic E-state index is 14.1. The number of quaternary nitrogens is 1. The Morgan fingerprint density at radius 1 is 0.900 bits per heavy atom. The largest absolute Gasteiger partial charge is 0.450 e. The number of amidine groups is 1. The number of aliphatic hydroxyl groups excluding tert-OH is 1. The normalized spacial score (nSPS) is 21.0. The van der Waals surface area contributed by atoms with Crippen molar-refractivity contribution < 1.29 is 13.9 Å². The highest BCUT2D eigenvalue weighted by molar-refractivity contribution is 5.99. The van der Waals surface area contributed by atoms with Crippen molar-refractivity contribution in [1.29, 1.82) is 0 Å². The molecular weight excluding hydrogens is 264 g/mol. The Morgan fingerprint density at radius 3 is 2.10 bits per heavy atom. The molecule has 1 aliphatic rings. The Labute approximate surface area is 113 Å². The zero-order valence-corrected chi connectivity index (χ0v) is 10.2. The Hall–Kier alpha value is -2.60. The summed E-state index contributed by atoms with van der Waals surface area (Å²) < 4.78 is 27.4. The molecule has 2 aromatic carbocycles. The zero-order chi connectivity index (χ0) is 14.2. The van der Waals surface area contributed by atoms with Crippen LogP contribution in [0.5, 0.6) is 0 Å². The van der Waals surface area contributed by atoms with Crippen LogP contribution in [0.4, 0.5) is 20.2 Å². The van der Waals surface area contributed by atoms with E-state index in [1.165, 1.54) is 6.07 Å². The van der Waals surface area contributed by atoms with Gasteiger partial charge in [-0.1, -0.05) is 24.3 Å². The van der Waals surface area contributed by atoms with E-state index in [4.69, 9.17) is 0 Å². The number of hydrogen-bond acceptors (Lipinski definition) is 2. The second-order valence-electron chi connectivity index (χ2n) is 4.20. The lowest BCUT2D eigenvalue weighted by atomic mass is 10.2. The Morgan fingerprint density at radius 2 is 1.55 bits per heavy atom. The molecule has 20 heavy (non-hydrogen) atoms. The van der Waals surface area contributed by atoms with Crippen LogP contribution in [0.25, 0.3) is 0 Å². The number of para-hydroxylation sites is 2. The first-order valence-corrected chi connectivity index (χ1v) is 5.87. The third kappa shape index (κ3) is 1.62. The highest BCUT2D eigenvalue weighted by Crippen LogP contribution is 2.40. The molecule has 0 radical (unpaired) electrons. The summed E-state index contributed by atoms with van der Waals surface area (Å²) in [5.74, 6) is -1.62. The standard InChI is InChI=1S/C14H9F2N3O/c15-11-7-4-8-12(16)13(11)19(14(20)17-9-18-19)10-5-2-1-3-6-10/h1-9H/p+1. The van der Waals surface area contributed by atoms with Crippen LogP contribution in [0.1, 0.15) is 0 Å². The van der Waals surface area contributed by atoms with Crippen LogP contribution >= 0.6 is 0 Å². The average Bonchev–Trinajstić information content (AvgIpc) is 2.82. The fraction of sp³-hybridized carbons (Fsp3) is 0. The van der Waals surface area contributed by atoms with E-state index < -0.39 is 27.9 Å². The molecule has 1 unspecified atom stereocenters. The van der Waals surface area contributed by atoms with Gasteiger partial charge >= 0.3 is 6.02 Å². The Kier molecular flexibility index (Phi) is 2.80. The molecule has 1 aliphatic heterocycles. The predicted molar refractivity (Wildman–Crippen MR) is 72.8 cm³/mol. The monoisotopic (exact) mass is 274 g/mol. The summed E-state index contributed by atoms with van der Waals surface area (Å²) in [6, 6.07) is 11.3. The maximum atomic E-state index is 14.1. The highest BCUT2D eigenvalue weighted by atomic mass is 19.1. The third-order valence-electron chi connectivity index (χ3n) is 3.08. The van der Waals surface area contributed by atoms with Gasteiger partial charge in [0.15, 0.2) is 23.7 Å². The van der Waals surface area contributed by atoms with E-state index in [9.17, 15) is 13.9 Å². The first-order valence-electron chi connectivity index (χ1n) is 5.87. The van der Waals surface area contributed by atoms with Gasteiger partial charge in [0.2, 0.25) is 5.69 Å². The Bertz CT molecular complexity index is 695. The van der Waals surface area contributed by atoms with Crippen molar-refractivity contribution >= 4 is 23.7 Å². The Balaban J connectivity index is 2.34. The lowest BCUT2D eigenvalue weighted by Crippen LogP contribution is -2.43. The van der Waals surface area contributed by atoms with Crippen molar-refractivity contribution in [3.8, 4) is 0 Å². The first-order chi connectivity index (χ1) is 9.66. The summed E-state index contributed by atoms with van der Waals surface area (Å²) in [4.78, 5) is 3.64. The minimum Gasteiger partial charge on any atom is -0.450 e. The third-order valence-corrected chi connectivity index (χ3v) is 3.08. The second-order valence-corrected chi connectivity index (χ2v) is 4.20. The van der Waals surface area contributed by atoms with E-state index in [1.54, 1.807) is 30.3 Å². The molecule has 0 saturated heterocycles. The van der Waals surface area contributed by atoms with Gasteiger partial charge in [-0.3, -0.25) is 0 Å². The molecule has 1 heterocycles. The molecule has 0 saturated carbocycles. The van der Waals surface area contributed by atoms with Gasteiger partial charge in [-0.05, 0) is 21.8 Å². The molecule has 0 bridgehead atoms. The topological polar surface area (TPSA) is 45.0 Å². The van der Waals surface area contributed by atoms with Crippen LogP contribution < -0.4 is 4.59 Å². The summed E-state index contributed by atoms with van der Waals surface area (Å²) >= 11 is 0. The molecule has 1 atom stereocenters. The van der Waals surface area contributed by atoms with Crippen LogP contribution in [0.3, 0.4) is 0 Å². The van der Waals surface area contributed by atoms with E-state index in [0.29, 0.717) is 5.69 Å². The van der Waals surface area contributed by atoms with Crippen LogP contribution in [0, 0.1) is 11.6 Å². The fourth-order valence-electron chi connectivity index (χ4n) is 2.20. The van der Waals surface area contributed by atoms with Gasteiger partial charge in [0.05, 0.1) is 0 Å². The number of benzene rings is 2. The zero-order valence-electron chi connectivity index (χ0n) is 10.2. The average molecular weight is 274 g/mol. The fourth-order valence-corrected chi connectivity index (χ4v) is 2.20. The van der Waals surface area contributed by atoms with Gasteiger partial charge < -0.3 is 5.11 Å². The van der Waals surface area contributed by atoms with Gasteiger partial charge in [0.25, 0.3) is 0 Å². The lowest BCUT2D eigenvalue weighted by Gasteiger charge is -2.25.